The Kier molecular flexibility index (Phi) is 4.89. The van der Waals surface area contributed by atoms with E-state index in [9.17, 15) is 8.42 Å². The van der Waals surface area contributed by atoms with Crippen molar-refractivity contribution in [3.63, 3.8) is 0 Å². The first-order chi connectivity index (χ1) is 11.5. The molecule has 1 heterocycles. The molecule has 1 aliphatic rings. The number of hydrogen-bond acceptors (Lipinski definition) is 5. The lowest BCUT2D eigenvalue weighted by molar-refractivity contribution is 0.353. The van der Waals surface area contributed by atoms with Crippen LogP contribution < -0.4 is 14.2 Å². The van der Waals surface area contributed by atoms with Gasteiger partial charge < -0.3 is 13.9 Å². The fourth-order valence-corrected chi connectivity index (χ4v) is 5.19. The van der Waals surface area contributed by atoms with Gasteiger partial charge in [0.05, 0.1) is 26.5 Å². The lowest BCUT2D eigenvalue weighted by Crippen LogP contribution is -2.30. The molecule has 0 fully saturated rings. The molecule has 1 aromatic heterocycles. The number of hydrogen-bond donors (Lipinski definition) is 1. The average Bonchev–Trinajstić information content (AvgIpc) is 3.03. The summed E-state index contributed by atoms with van der Waals surface area (Å²) < 4.78 is 44.7. The van der Waals surface area contributed by atoms with Gasteiger partial charge in [-0.3, -0.25) is 0 Å². The number of furan rings is 1. The number of ether oxygens (including phenoxy) is 2. The molecule has 8 heteroatoms. The highest BCUT2D eigenvalue weighted by Crippen LogP contribution is 2.37. The molecule has 1 N–H and O–H groups in total. The molecule has 24 heavy (non-hydrogen) atoms. The normalized spacial score (nSPS) is 17.4. The number of methoxy groups -OCH3 is 2. The van der Waals surface area contributed by atoms with Gasteiger partial charge in [-0.25, -0.2) is 13.1 Å². The van der Waals surface area contributed by atoms with E-state index >= 15 is 0 Å². The third-order valence-electron chi connectivity index (χ3n) is 4.08. The van der Waals surface area contributed by atoms with Crippen LogP contribution in [0.3, 0.4) is 0 Å². The summed E-state index contributed by atoms with van der Waals surface area (Å²) in [4.78, 5) is 0.107. The van der Waals surface area contributed by atoms with Crippen molar-refractivity contribution < 1.29 is 22.3 Å². The van der Waals surface area contributed by atoms with Gasteiger partial charge in [0.2, 0.25) is 10.0 Å². The number of nitrogens with one attached hydrogen (secondary N) is 1. The highest BCUT2D eigenvalue weighted by molar-refractivity contribution is 9.10. The second-order valence-corrected chi connectivity index (χ2v) is 8.04. The molecule has 3 rings (SSSR count). The van der Waals surface area contributed by atoms with Crippen LogP contribution in [-0.2, 0) is 16.4 Å². The molecule has 1 aliphatic carbocycles. The summed E-state index contributed by atoms with van der Waals surface area (Å²) in [5.74, 6) is 1.66. The zero-order chi connectivity index (χ0) is 17.3. The second-order valence-electron chi connectivity index (χ2n) is 5.50. The van der Waals surface area contributed by atoms with E-state index < -0.39 is 10.0 Å². The van der Waals surface area contributed by atoms with E-state index in [1.165, 1.54) is 20.3 Å². The van der Waals surface area contributed by atoms with Crippen molar-refractivity contribution in [3.8, 4) is 11.5 Å². The molecule has 0 bridgehead atoms. The van der Waals surface area contributed by atoms with Gasteiger partial charge in [0.15, 0.2) is 11.5 Å². The Labute approximate surface area is 149 Å². The molecule has 2 aromatic rings. The van der Waals surface area contributed by atoms with E-state index in [-0.39, 0.29) is 10.9 Å². The first-order valence-corrected chi connectivity index (χ1v) is 9.74. The van der Waals surface area contributed by atoms with E-state index in [2.05, 4.69) is 20.7 Å². The van der Waals surface area contributed by atoms with E-state index in [1.807, 2.05) is 6.07 Å². The first kappa shape index (κ1) is 17.3. The van der Waals surface area contributed by atoms with Crippen molar-refractivity contribution in [2.24, 2.45) is 0 Å². The molecule has 0 aliphatic heterocycles. The predicted octanol–water partition coefficient (Wildman–Crippen LogP) is 3.42. The fourth-order valence-electron chi connectivity index (χ4n) is 2.90. The van der Waals surface area contributed by atoms with E-state index in [4.69, 9.17) is 13.9 Å². The van der Waals surface area contributed by atoms with Crippen LogP contribution in [0.15, 0.2) is 38.2 Å². The number of rotatable bonds is 5. The largest absolute Gasteiger partial charge is 0.493 e. The Bertz CT molecular complexity index is 846. The molecule has 0 spiro atoms. The Hall–Kier alpha value is -1.51. The number of benzene rings is 1. The Morgan fingerprint density at radius 1 is 1.25 bits per heavy atom. The van der Waals surface area contributed by atoms with Gasteiger partial charge in [-0.15, -0.1) is 0 Å². The monoisotopic (exact) mass is 415 g/mol. The quantitative estimate of drug-likeness (QED) is 0.809. The first-order valence-electron chi connectivity index (χ1n) is 7.46. The van der Waals surface area contributed by atoms with Crippen molar-refractivity contribution in [3.05, 3.63) is 40.3 Å². The molecule has 130 valence electrons. The van der Waals surface area contributed by atoms with E-state index in [1.54, 1.807) is 12.3 Å². The summed E-state index contributed by atoms with van der Waals surface area (Å²) in [6.07, 6.45) is 4.04. The molecule has 0 amide bonds. The zero-order valence-corrected chi connectivity index (χ0v) is 15.7. The van der Waals surface area contributed by atoms with Crippen LogP contribution in [0.25, 0.3) is 0 Å². The number of aryl methyl sites for hydroxylation is 1. The van der Waals surface area contributed by atoms with Gasteiger partial charge in [-0.2, -0.15) is 0 Å². The molecular formula is C16H18BrNO5S. The summed E-state index contributed by atoms with van der Waals surface area (Å²) in [7, 11) is -0.777. The van der Waals surface area contributed by atoms with Gasteiger partial charge in [-0.1, -0.05) is 0 Å². The van der Waals surface area contributed by atoms with Crippen molar-refractivity contribution in [2.45, 2.75) is 30.2 Å². The third kappa shape index (κ3) is 3.18. The molecule has 0 radical (unpaired) electrons. The minimum absolute atomic E-state index is 0.107. The molecule has 0 saturated carbocycles. The van der Waals surface area contributed by atoms with Gasteiger partial charge in [-0.05, 0) is 40.9 Å². The predicted molar refractivity (Wildman–Crippen MR) is 92.0 cm³/mol. The molecular weight excluding hydrogens is 398 g/mol. The lowest BCUT2D eigenvalue weighted by Gasteiger charge is -2.23. The van der Waals surface area contributed by atoms with Crippen molar-refractivity contribution in [2.75, 3.05) is 14.2 Å². The Morgan fingerprint density at radius 2 is 1.96 bits per heavy atom. The van der Waals surface area contributed by atoms with Crippen LogP contribution in [0.4, 0.5) is 0 Å². The van der Waals surface area contributed by atoms with Crippen LogP contribution in [-0.4, -0.2) is 22.6 Å². The minimum atomic E-state index is -3.74. The minimum Gasteiger partial charge on any atom is -0.493 e. The highest BCUT2D eigenvalue weighted by Gasteiger charge is 2.29. The van der Waals surface area contributed by atoms with Crippen LogP contribution in [0.1, 0.15) is 30.2 Å². The molecule has 6 nitrogen and oxygen atoms in total. The summed E-state index contributed by atoms with van der Waals surface area (Å²) in [5, 5.41) is 0. The Balaban J connectivity index is 1.95. The van der Waals surface area contributed by atoms with Crippen LogP contribution in [0.5, 0.6) is 11.5 Å². The van der Waals surface area contributed by atoms with Crippen LogP contribution in [0.2, 0.25) is 0 Å². The van der Waals surface area contributed by atoms with Crippen LogP contribution in [0, 0.1) is 0 Å². The number of halogens is 1. The average molecular weight is 416 g/mol. The fraction of sp³-hybridized carbons (Fsp3) is 0.375. The van der Waals surface area contributed by atoms with Gasteiger partial charge >= 0.3 is 0 Å². The van der Waals surface area contributed by atoms with Crippen molar-refractivity contribution in [1.29, 1.82) is 0 Å². The second kappa shape index (κ2) is 6.78. The summed E-state index contributed by atoms with van der Waals surface area (Å²) in [6, 6.07) is 4.56. The van der Waals surface area contributed by atoms with Gasteiger partial charge in [0.1, 0.15) is 10.7 Å². The summed E-state index contributed by atoms with van der Waals surface area (Å²) in [6.45, 7) is 0. The molecule has 1 atom stereocenters. The molecule has 0 saturated heterocycles. The van der Waals surface area contributed by atoms with Crippen LogP contribution >= 0.6 is 15.9 Å². The Morgan fingerprint density at radius 3 is 2.67 bits per heavy atom. The topological polar surface area (TPSA) is 77.8 Å². The maximum Gasteiger partial charge on any atom is 0.242 e. The SMILES string of the molecule is COc1cc(Br)c(S(=O)(=O)NC2CCCc3occc32)cc1OC. The molecule has 1 unspecified atom stereocenters. The molecule has 1 aromatic carbocycles. The smallest absolute Gasteiger partial charge is 0.242 e. The number of sulfonamides is 1. The van der Waals surface area contributed by atoms with E-state index in [0.29, 0.717) is 16.0 Å². The van der Waals surface area contributed by atoms with Gasteiger partial charge in [0.25, 0.3) is 0 Å². The van der Waals surface area contributed by atoms with E-state index in [0.717, 1.165) is 30.6 Å². The zero-order valence-electron chi connectivity index (χ0n) is 13.3. The summed E-state index contributed by atoms with van der Waals surface area (Å²) >= 11 is 3.30. The highest BCUT2D eigenvalue weighted by atomic mass is 79.9. The standard InChI is InChI=1S/C16H18BrNO5S/c1-21-14-8-11(17)16(9-15(14)22-2)24(19,20)18-12-4-3-5-13-10(12)6-7-23-13/h6-9,12,18H,3-5H2,1-2H3. The van der Waals surface area contributed by atoms with Crippen molar-refractivity contribution >= 4 is 26.0 Å². The van der Waals surface area contributed by atoms with Gasteiger partial charge in [0, 0.05) is 22.5 Å². The maximum atomic E-state index is 12.9. The summed E-state index contributed by atoms with van der Waals surface area (Å²) in [5.41, 5.74) is 0.904. The number of fused-ring (bicyclic) bond motifs is 1. The van der Waals surface area contributed by atoms with Crippen molar-refractivity contribution in [1.82, 2.24) is 4.72 Å². The lowest BCUT2D eigenvalue weighted by atomic mass is 9.94. The third-order valence-corrected chi connectivity index (χ3v) is 6.51. The maximum absolute atomic E-state index is 12.9.